The van der Waals surface area contributed by atoms with Crippen LogP contribution in [0.25, 0.3) is 0 Å². The number of hydrogen-bond acceptors (Lipinski definition) is 5. The van der Waals surface area contributed by atoms with E-state index in [1.165, 1.54) is 4.90 Å². The summed E-state index contributed by atoms with van der Waals surface area (Å²) in [5.74, 6) is -3.82. The molecule has 0 N–H and O–H groups in total. The lowest BCUT2D eigenvalue weighted by Gasteiger charge is -2.34. The van der Waals surface area contributed by atoms with Gasteiger partial charge in [0.25, 0.3) is 0 Å². The van der Waals surface area contributed by atoms with E-state index in [1.807, 2.05) is 0 Å². The summed E-state index contributed by atoms with van der Waals surface area (Å²) in [6.07, 6.45) is -0.677. The van der Waals surface area contributed by atoms with Crippen LogP contribution >= 0.6 is 11.6 Å². The summed E-state index contributed by atoms with van der Waals surface area (Å²) in [4.78, 5) is 31.2. The molecule has 0 spiro atoms. The van der Waals surface area contributed by atoms with Crippen molar-refractivity contribution in [3.63, 3.8) is 0 Å². The first-order valence-electron chi connectivity index (χ1n) is 11.9. The summed E-state index contributed by atoms with van der Waals surface area (Å²) in [5.41, 5.74) is -1.43. The lowest BCUT2D eigenvalue weighted by atomic mass is 9.82. The van der Waals surface area contributed by atoms with Gasteiger partial charge in [0.2, 0.25) is 11.8 Å². The zero-order chi connectivity index (χ0) is 27.5. The first-order valence-corrected chi connectivity index (χ1v) is 12.5. The molecule has 1 aliphatic rings. The van der Waals surface area contributed by atoms with Crippen molar-refractivity contribution in [3.05, 3.63) is 46.9 Å². The van der Waals surface area contributed by atoms with Gasteiger partial charge in [-0.2, -0.15) is 13.2 Å². The Kier molecular flexibility index (Phi) is 9.05. The fourth-order valence-corrected chi connectivity index (χ4v) is 4.55. The largest absolute Gasteiger partial charge is 0.465 e. The van der Waals surface area contributed by atoms with Crippen LogP contribution in [0.2, 0.25) is 0 Å². The van der Waals surface area contributed by atoms with Crippen LogP contribution in [-0.2, 0) is 21.6 Å². The molecule has 1 aliphatic carbocycles. The quantitative estimate of drug-likeness (QED) is 0.211. The summed E-state index contributed by atoms with van der Waals surface area (Å²) in [6, 6.07) is 2.15. The van der Waals surface area contributed by atoms with Crippen molar-refractivity contribution >= 4 is 29.2 Å². The first kappa shape index (κ1) is 28.7. The maximum atomic E-state index is 15.3. The molecule has 0 unspecified atom stereocenters. The summed E-state index contributed by atoms with van der Waals surface area (Å²) in [5, 5.41) is 0. The monoisotopic (exact) mass is 544 g/mol. The maximum Gasteiger partial charge on any atom is 0.421 e. The Labute approximate surface area is 217 Å². The Morgan fingerprint density at radius 3 is 2.35 bits per heavy atom. The number of aromatic nitrogens is 1. The van der Waals surface area contributed by atoms with E-state index in [0.717, 1.165) is 44.3 Å². The fourth-order valence-electron chi connectivity index (χ4n) is 4.41. The Bertz CT molecular complexity index is 1150. The zero-order valence-electron chi connectivity index (χ0n) is 21.0. The number of carbonyl (C=O) groups excluding carboxylic acids is 2. The molecule has 1 amide bonds. The fraction of sp³-hybridized carbons (Fsp3) is 0.500. The summed E-state index contributed by atoms with van der Waals surface area (Å²) in [6.45, 7) is 5.57. The normalized spacial score (nSPS) is 18.0. The number of methoxy groups -OCH3 is 1. The van der Waals surface area contributed by atoms with Crippen LogP contribution in [0, 0.1) is 17.7 Å². The molecule has 1 aromatic carbocycles. The lowest BCUT2D eigenvalue weighted by molar-refractivity contribution is -0.139. The predicted octanol–water partition coefficient (Wildman–Crippen LogP) is 7.12. The molecule has 1 aromatic heterocycles. The average molecular weight is 545 g/mol. The average Bonchev–Trinajstić information content (AvgIpc) is 2.84. The molecule has 0 atom stereocenters. The van der Waals surface area contributed by atoms with Crippen molar-refractivity contribution in [2.75, 3.05) is 12.0 Å². The molecule has 0 aliphatic heterocycles. The number of halogens is 5. The smallest absolute Gasteiger partial charge is 0.421 e. The van der Waals surface area contributed by atoms with E-state index in [1.54, 1.807) is 13.8 Å². The maximum absolute atomic E-state index is 15.3. The van der Waals surface area contributed by atoms with E-state index in [-0.39, 0.29) is 34.5 Å². The first-order chi connectivity index (χ1) is 17.4. The number of pyridine rings is 1. The third-order valence-electron chi connectivity index (χ3n) is 6.41. The minimum absolute atomic E-state index is 0.0446. The number of benzene rings is 1. The number of carbonyl (C=O) groups is 2. The van der Waals surface area contributed by atoms with Crippen LogP contribution in [0.5, 0.6) is 11.6 Å². The van der Waals surface area contributed by atoms with Gasteiger partial charge in [-0.05, 0) is 57.1 Å². The third kappa shape index (κ3) is 6.52. The van der Waals surface area contributed by atoms with Crippen molar-refractivity contribution in [2.24, 2.45) is 11.8 Å². The van der Waals surface area contributed by atoms with Gasteiger partial charge < -0.3 is 14.4 Å². The second-order valence-corrected chi connectivity index (χ2v) is 9.75. The molecule has 1 saturated carbocycles. The van der Waals surface area contributed by atoms with Gasteiger partial charge in [0.15, 0.2) is 11.6 Å². The standard InChI is InChI=1S/C26H29ClF4N2O4/c1-14(2)33(24(34)17-7-5-15(3)6-8-17)21-11-20(28)22(10-18(21)25(35)36-4)37-23-19(26(29,30)31)9-16(12-27)13-32-23/h9-11,13-15,17H,5-8,12H2,1-4H3. The van der Waals surface area contributed by atoms with Gasteiger partial charge in [-0.25, -0.2) is 14.2 Å². The molecule has 0 bridgehead atoms. The second kappa shape index (κ2) is 11.7. The highest BCUT2D eigenvalue weighted by molar-refractivity contribution is 6.17. The van der Waals surface area contributed by atoms with Crippen LogP contribution in [0.15, 0.2) is 24.4 Å². The molecule has 1 heterocycles. The molecule has 0 saturated heterocycles. The second-order valence-electron chi connectivity index (χ2n) is 9.48. The van der Waals surface area contributed by atoms with Gasteiger partial charge in [-0.1, -0.05) is 6.92 Å². The molecular weight excluding hydrogens is 516 g/mol. The van der Waals surface area contributed by atoms with Gasteiger partial charge in [0.05, 0.1) is 18.4 Å². The highest BCUT2D eigenvalue weighted by atomic mass is 35.5. The topological polar surface area (TPSA) is 68.7 Å². The minimum Gasteiger partial charge on any atom is -0.465 e. The molecule has 0 radical (unpaired) electrons. The van der Waals surface area contributed by atoms with E-state index in [2.05, 4.69) is 11.9 Å². The van der Waals surface area contributed by atoms with E-state index < -0.39 is 41.2 Å². The molecule has 1 fully saturated rings. The Morgan fingerprint density at radius 1 is 1.16 bits per heavy atom. The van der Waals surface area contributed by atoms with E-state index in [0.29, 0.717) is 18.8 Å². The zero-order valence-corrected chi connectivity index (χ0v) is 21.8. The van der Waals surface area contributed by atoms with Crippen molar-refractivity contribution < 1.29 is 36.6 Å². The molecule has 11 heteroatoms. The number of anilines is 1. The van der Waals surface area contributed by atoms with E-state index in [4.69, 9.17) is 21.1 Å². The SMILES string of the molecule is COC(=O)c1cc(Oc2ncc(CCl)cc2C(F)(F)F)c(F)cc1N(C(=O)C1CCC(C)CC1)C(C)C. The van der Waals surface area contributed by atoms with Gasteiger partial charge in [-0.15, -0.1) is 11.6 Å². The Hall–Kier alpha value is -2.88. The van der Waals surface area contributed by atoms with Crippen molar-refractivity contribution in [3.8, 4) is 11.6 Å². The number of rotatable bonds is 7. The number of nitrogens with zero attached hydrogens (tertiary/aromatic N) is 2. The van der Waals surface area contributed by atoms with Gasteiger partial charge >= 0.3 is 12.1 Å². The molecule has 2 aromatic rings. The predicted molar refractivity (Wildman–Crippen MR) is 130 cm³/mol. The van der Waals surface area contributed by atoms with Crippen LogP contribution < -0.4 is 9.64 Å². The Balaban J connectivity index is 2.07. The molecule has 6 nitrogen and oxygen atoms in total. The van der Waals surface area contributed by atoms with E-state index in [9.17, 15) is 22.8 Å². The van der Waals surface area contributed by atoms with Crippen LogP contribution in [0.4, 0.5) is 23.2 Å². The van der Waals surface area contributed by atoms with Gasteiger partial charge in [-0.3, -0.25) is 4.79 Å². The van der Waals surface area contributed by atoms with Crippen LogP contribution in [0.3, 0.4) is 0 Å². The summed E-state index contributed by atoms with van der Waals surface area (Å²) in [7, 11) is 1.11. The number of esters is 1. The molecular formula is C26H29ClF4N2O4. The molecule has 37 heavy (non-hydrogen) atoms. The number of ether oxygens (including phenoxy) is 2. The Morgan fingerprint density at radius 2 is 1.81 bits per heavy atom. The van der Waals surface area contributed by atoms with E-state index >= 15 is 4.39 Å². The summed E-state index contributed by atoms with van der Waals surface area (Å²) < 4.78 is 66.2. The highest BCUT2D eigenvalue weighted by Crippen LogP contribution is 2.40. The minimum atomic E-state index is -4.86. The van der Waals surface area contributed by atoms with Gasteiger partial charge in [0.1, 0.15) is 5.56 Å². The van der Waals surface area contributed by atoms with Gasteiger partial charge in [0, 0.05) is 36.2 Å². The number of amides is 1. The molecule has 202 valence electrons. The van der Waals surface area contributed by atoms with Crippen LogP contribution in [0.1, 0.15) is 67.9 Å². The van der Waals surface area contributed by atoms with Crippen molar-refractivity contribution in [1.82, 2.24) is 4.98 Å². The third-order valence-corrected chi connectivity index (χ3v) is 6.72. The van der Waals surface area contributed by atoms with Crippen molar-refractivity contribution in [2.45, 2.75) is 64.6 Å². The summed E-state index contributed by atoms with van der Waals surface area (Å²) >= 11 is 5.63. The molecule has 3 rings (SSSR count). The van der Waals surface area contributed by atoms with Crippen molar-refractivity contribution in [1.29, 1.82) is 0 Å². The van der Waals surface area contributed by atoms with Crippen LogP contribution in [-0.4, -0.2) is 30.0 Å². The lowest BCUT2D eigenvalue weighted by Crippen LogP contribution is -2.43. The number of hydrogen-bond donors (Lipinski definition) is 0. The number of alkyl halides is 4. The highest BCUT2D eigenvalue weighted by Gasteiger charge is 2.37.